The van der Waals surface area contributed by atoms with E-state index in [9.17, 15) is 9.59 Å². The number of fused-ring (bicyclic) bond motifs is 1. The minimum Gasteiger partial charge on any atom is -0.398 e. The Hall–Kier alpha value is -2.64. The van der Waals surface area contributed by atoms with Gasteiger partial charge in [-0.15, -0.1) is 0 Å². The Bertz CT molecular complexity index is 971. The van der Waals surface area contributed by atoms with E-state index in [-0.39, 0.29) is 29.6 Å². The monoisotopic (exact) mass is 398 g/mol. The topological polar surface area (TPSA) is 115 Å². The van der Waals surface area contributed by atoms with Crippen molar-refractivity contribution < 1.29 is 4.79 Å². The van der Waals surface area contributed by atoms with E-state index >= 15 is 0 Å². The van der Waals surface area contributed by atoms with Gasteiger partial charge in [0, 0.05) is 36.8 Å². The maximum absolute atomic E-state index is 13.0. The predicted octanol–water partition coefficient (Wildman–Crippen LogP) is 2.66. The van der Waals surface area contributed by atoms with Crippen LogP contribution in [0, 0.1) is 6.92 Å². The van der Waals surface area contributed by atoms with Gasteiger partial charge in [0.1, 0.15) is 0 Å². The van der Waals surface area contributed by atoms with E-state index in [4.69, 9.17) is 10.7 Å². The van der Waals surface area contributed by atoms with E-state index in [1.54, 1.807) is 20.0 Å². The maximum Gasteiger partial charge on any atom is 0.257 e. The molecule has 29 heavy (non-hydrogen) atoms. The first-order chi connectivity index (χ1) is 13.9. The number of nitrogens with zero attached hydrogens (tertiary/aromatic N) is 3. The number of pyridine rings is 1. The standard InChI is InChI=1S/C21H30N6O2/c1-12-18(22)17-11-23-21(25-15-9-7-14(8-10-15)24-13(2)28)26-19(17)27(20(12)29)16-5-3-4-6-16/h11,14-16H,3-10,22H2,1-2H3,(H,24,28)(H,23,25,26)/t14-,15-. The van der Waals surface area contributed by atoms with Crippen LogP contribution in [0.25, 0.3) is 11.0 Å². The second-order valence-electron chi connectivity index (χ2n) is 8.48. The van der Waals surface area contributed by atoms with E-state index in [1.807, 2.05) is 4.57 Å². The molecule has 2 aromatic rings. The van der Waals surface area contributed by atoms with Crippen molar-refractivity contribution in [2.24, 2.45) is 0 Å². The molecule has 0 unspecified atom stereocenters. The number of carbonyl (C=O) groups excluding carboxylic acids is 1. The van der Waals surface area contributed by atoms with Crippen molar-refractivity contribution in [3.8, 4) is 0 Å². The zero-order chi connectivity index (χ0) is 20.5. The lowest BCUT2D eigenvalue weighted by molar-refractivity contribution is -0.119. The summed E-state index contributed by atoms with van der Waals surface area (Å²) in [7, 11) is 0. The SMILES string of the molecule is CC(=O)N[C@H]1CC[C@H](Nc2ncc3c(N)c(C)c(=O)n(C4CCCC4)c3n2)CC1. The Kier molecular flexibility index (Phi) is 5.43. The third-order valence-corrected chi connectivity index (χ3v) is 6.39. The minimum absolute atomic E-state index is 0.0250. The molecule has 0 aromatic carbocycles. The van der Waals surface area contributed by atoms with E-state index in [0.717, 1.165) is 56.8 Å². The van der Waals surface area contributed by atoms with Crippen LogP contribution < -0.4 is 21.9 Å². The fraction of sp³-hybridized carbons (Fsp3) is 0.619. The lowest BCUT2D eigenvalue weighted by Gasteiger charge is -2.29. The van der Waals surface area contributed by atoms with Crippen LogP contribution in [0.4, 0.5) is 11.6 Å². The third kappa shape index (κ3) is 3.93. The summed E-state index contributed by atoms with van der Waals surface area (Å²) in [5.41, 5.74) is 7.87. The van der Waals surface area contributed by atoms with Gasteiger partial charge in [-0.1, -0.05) is 12.8 Å². The molecule has 8 nitrogen and oxygen atoms in total. The molecule has 0 aliphatic heterocycles. The van der Waals surface area contributed by atoms with Crippen molar-refractivity contribution in [1.29, 1.82) is 0 Å². The number of aromatic nitrogens is 3. The molecule has 1 amide bonds. The Morgan fingerprint density at radius 1 is 1.14 bits per heavy atom. The van der Waals surface area contributed by atoms with Gasteiger partial charge in [-0.3, -0.25) is 14.2 Å². The van der Waals surface area contributed by atoms with Crippen LogP contribution in [0.5, 0.6) is 0 Å². The molecule has 2 saturated carbocycles. The largest absolute Gasteiger partial charge is 0.398 e. The molecule has 0 saturated heterocycles. The smallest absolute Gasteiger partial charge is 0.257 e. The third-order valence-electron chi connectivity index (χ3n) is 6.39. The molecule has 0 atom stereocenters. The quantitative estimate of drug-likeness (QED) is 0.729. The lowest BCUT2D eigenvalue weighted by Crippen LogP contribution is -2.39. The van der Waals surface area contributed by atoms with Crippen molar-refractivity contribution in [2.45, 2.75) is 83.3 Å². The average Bonchev–Trinajstić information content (AvgIpc) is 3.22. The molecule has 2 aliphatic rings. The minimum atomic E-state index is -0.0395. The summed E-state index contributed by atoms with van der Waals surface area (Å²) in [6.07, 6.45) is 9.76. The van der Waals surface area contributed by atoms with Gasteiger partial charge in [-0.25, -0.2) is 4.98 Å². The van der Waals surface area contributed by atoms with Crippen LogP contribution in [0.2, 0.25) is 0 Å². The van der Waals surface area contributed by atoms with Crippen molar-refractivity contribution in [3.05, 3.63) is 22.1 Å². The summed E-state index contributed by atoms with van der Waals surface area (Å²) in [6, 6.07) is 0.686. The fourth-order valence-electron chi connectivity index (χ4n) is 4.76. The summed E-state index contributed by atoms with van der Waals surface area (Å²) in [4.78, 5) is 33.4. The number of rotatable bonds is 4. The second-order valence-corrected chi connectivity index (χ2v) is 8.48. The fourth-order valence-corrected chi connectivity index (χ4v) is 4.76. The molecular weight excluding hydrogens is 368 g/mol. The van der Waals surface area contributed by atoms with Crippen molar-refractivity contribution in [3.63, 3.8) is 0 Å². The Balaban J connectivity index is 1.60. The van der Waals surface area contributed by atoms with Crippen LogP contribution in [0.15, 0.2) is 11.0 Å². The van der Waals surface area contributed by atoms with Crippen molar-refractivity contribution in [2.75, 3.05) is 11.1 Å². The molecule has 8 heteroatoms. The maximum atomic E-state index is 13.0. The number of amides is 1. The molecule has 4 N–H and O–H groups in total. The van der Waals surface area contributed by atoms with Gasteiger partial charge in [0.05, 0.1) is 11.1 Å². The number of hydrogen-bond acceptors (Lipinski definition) is 6. The first-order valence-electron chi connectivity index (χ1n) is 10.6. The molecule has 2 aliphatic carbocycles. The van der Waals surface area contributed by atoms with Gasteiger partial charge in [0.2, 0.25) is 11.9 Å². The summed E-state index contributed by atoms with van der Waals surface area (Å²) in [5.74, 6) is 0.562. The van der Waals surface area contributed by atoms with Gasteiger partial charge in [0.25, 0.3) is 5.56 Å². The lowest BCUT2D eigenvalue weighted by atomic mass is 9.91. The zero-order valence-corrected chi connectivity index (χ0v) is 17.2. The molecule has 156 valence electrons. The highest BCUT2D eigenvalue weighted by Crippen LogP contribution is 2.32. The molecule has 2 heterocycles. The normalized spacial score (nSPS) is 22.7. The summed E-state index contributed by atoms with van der Waals surface area (Å²) in [6.45, 7) is 3.34. The molecule has 0 bridgehead atoms. The van der Waals surface area contributed by atoms with Gasteiger partial charge >= 0.3 is 0 Å². The highest BCUT2D eigenvalue weighted by Gasteiger charge is 2.25. The highest BCUT2D eigenvalue weighted by atomic mass is 16.1. The van der Waals surface area contributed by atoms with Gasteiger partial charge in [0.15, 0.2) is 5.65 Å². The summed E-state index contributed by atoms with van der Waals surface area (Å²) in [5, 5.41) is 7.17. The van der Waals surface area contributed by atoms with Crippen LogP contribution in [-0.2, 0) is 4.79 Å². The molecule has 0 radical (unpaired) electrons. The van der Waals surface area contributed by atoms with Crippen LogP contribution in [-0.4, -0.2) is 32.5 Å². The molecule has 2 aromatic heterocycles. The first-order valence-corrected chi connectivity index (χ1v) is 10.6. The van der Waals surface area contributed by atoms with Crippen LogP contribution in [0.3, 0.4) is 0 Å². The van der Waals surface area contributed by atoms with Gasteiger partial charge in [-0.2, -0.15) is 4.98 Å². The number of nitrogen functional groups attached to an aromatic ring is 1. The summed E-state index contributed by atoms with van der Waals surface area (Å²) < 4.78 is 1.84. The van der Waals surface area contributed by atoms with E-state index in [0.29, 0.717) is 22.8 Å². The van der Waals surface area contributed by atoms with E-state index in [1.165, 1.54) is 0 Å². The van der Waals surface area contributed by atoms with Crippen molar-refractivity contribution >= 4 is 28.6 Å². The van der Waals surface area contributed by atoms with E-state index < -0.39 is 0 Å². The Morgan fingerprint density at radius 2 is 1.79 bits per heavy atom. The highest BCUT2D eigenvalue weighted by molar-refractivity contribution is 5.89. The van der Waals surface area contributed by atoms with Gasteiger partial charge < -0.3 is 16.4 Å². The Labute approximate surface area is 170 Å². The predicted molar refractivity (Wildman–Crippen MR) is 114 cm³/mol. The zero-order valence-electron chi connectivity index (χ0n) is 17.2. The van der Waals surface area contributed by atoms with E-state index in [2.05, 4.69) is 15.6 Å². The van der Waals surface area contributed by atoms with Crippen molar-refractivity contribution in [1.82, 2.24) is 19.9 Å². The summed E-state index contributed by atoms with van der Waals surface area (Å²) >= 11 is 0. The second kappa shape index (κ2) is 8.00. The number of nitrogens with one attached hydrogen (secondary N) is 2. The van der Waals surface area contributed by atoms with Crippen LogP contribution >= 0.6 is 0 Å². The number of hydrogen-bond donors (Lipinski definition) is 3. The number of carbonyl (C=O) groups is 1. The first kappa shape index (κ1) is 19.7. The molecule has 2 fully saturated rings. The Morgan fingerprint density at radius 3 is 2.45 bits per heavy atom. The molecular formula is C21H30N6O2. The van der Waals surface area contributed by atoms with Crippen LogP contribution in [0.1, 0.15) is 69.9 Å². The van der Waals surface area contributed by atoms with Gasteiger partial charge in [-0.05, 0) is 45.4 Å². The average molecular weight is 399 g/mol. The molecule has 0 spiro atoms. The molecule has 4 rings (SSSR count). The number of nitrogens with two attached hydrogens (primary N) is 1. The number of anilines is 2.